The van der Waals surface area contributed by atoms with Crippen LogP contribution in [0.25, 0.3) is 0 Å². The van der Waals surface area contributed by atoms with Crippen LogP contribution in [0.15, 0.2) is 53.1 Å². The van der Waals surface area contributed by atoms with Crippen molar-refractivity contribution in [2.45, 2.75) is 6.92 Å². The van der Waals surface area contributed by atoms with Gasteiger partial charge in [0.15, 0.2) is 0 Å². The molecule has 2 heteroatoms. The lowest BCUT2D eigenvalue weighted by Crippen LogP contribution is -2.15. The first-order chi connectivity index (χ1) is 5.79. The molecule has 0 bridgehead atoms. The maximum absolute atomic E-state index is 4.26. The van der Waals surface area contributed by atoms with Crippen LogP contribution in [0.3, 0.4) is 0 Å². The predicted molar refractivity (Wildman–Crippen MR) is 50.5 cm³/mol. The molecule has 2 aliphatic heterocycles. The van der Waals surface area contributed by atoms with Crippen LogP contribution in [-0.2, 0) is 0 Å². The van der Waals surface area contributed by atoms with Gasteiger partial charge in [0.05, 0.1) is 0 Å². The van der Waals surface area contributed by atoms with Crippen molar-refractivity contribution in [3.8, 4) is 0 Å². The van der Waals surface area contributed by atoms with Crippen LogP contribution >= 0.6 is 0 Å². The number of fused-ring (bicyclic) bond motifs is 1. The SMILES string of the molecule is C=C1C=CN2C=CC=NC2=C1C. The largest absolute Gasteiger partial charge is 0.308 e. The summed E-state index contributed by atoms with van der Waals surface area (Å²) < 4.78 is 0. The molecule has 0 N–H and O–H groups in total. The second kappa shape index (κ2) is 2.48. The standard InChI is InChI=1S/C10H10N2/c1-8-4-7-12-6-3-5-11-10(12)9(8)2/h3-7H,1H2,2H3. The van der Waals surface area contributed by atoms with Crippen LogP contribution in [0.1, 0.15) is 6.92 Å². The van der Waals surface area contributed by atoms with E-state index in [9.17, 15) is 0 Å². The van der Waals surface area contributed by atoms with Gasteiger partial charge in [-0.25, -0.2) is 4.99 Å². The van der Waals surface area contributed by atoms with Gasteiger partial charge in [0.1, 0.15) is 5.82 Å². The molecule has 0 aromatic carbocycles. The molecule has 0 atom stereocenters. The lowest BCUT2D eigenvalue weighted by atomic mass is 10.1. The first-order valence-electron chi connectivity index (χ1n) is 3.86. The van der Waals surface area contributed by atoms with Crippen LogP contribution < -0.4 is 0 Å². The Morgan fingerprint density at radius 2 is 2.25 bits per heavy atom. The summed E-state index contributed by atoms with van der Waals surface area (Å²) in [6, 6.07) is 0. The highest BCUT2D eigenvalue weighted by atomic mass is 15.2. The highest BCUT2D eigenvalue weighted by Crippen LogP contribution is 2.25. The fourth-order valence-electron chi connectivity index (χ4n) is 1.23. The van der Waals surface area contributed by atoms with E-state index >= 15 is 0 Å². The van der Waals surface area contributed by atoms with E-state index in [2.05, 4.69) is 11.6 Å². The van der Waals surface area contributed by atoms with Crippen LogP contribution in [0.5, 0.6) is 0 Å². The molecule has 2 nitrogen and oxygen atoms in total. The van der Waals surface area contributed by atoms with Crippen LogP contribution in [0.4, 0.5) is 0 Å². The van der Waals surface area contributed by atoms with Gasteiger partial charge in [-0.15, -0.1) is 0 Å². The van der Waals surface area contributed by atoms with Gasteiger partial charge in [0.2, 0.25) is 0 Å². The van der Waals surface area contributed by atoms with E-state index in [1.165, 1.54) is 0 Å². The summed E-state index contributed by atoms with van der Waals surface area (Å²) in [5.41, 5.74) is 2.17. The predicted octanol–water partition coefficient (Wildman–Crippen LogP) is 2.20. The second-order valence-corrected chi connectivity index (χ2v) is 2.82. The Kier molecular flexibility index (Phi) is 1.47. The van der Waals surface area contributed by atoms with Gasteiger partial charge < -0.3 is 4.90 Å². The number of rotatable bonds is 0. The minimum absolute atomic E-state index is 0.977. The van der Waals surface area contributed by atoms with Crippen LogP contribution in [0, 0.1) is 0 Å². The minimum Gasteiger partial charge on any atom is -0.308 e. The zero-order valence-corrected chi connectivity index (χ0v) is 6.99. The lowest BCUT2D eigenvalue weighted by Gasteiger charge is -2.24. The molecule has 2 rings (SSSR count). The van der Waals surface area contributed by atoms with Crippen molar-refractivity contribution < 1.29 is 0 Å². The van der Waals surface area contributed by atoms with Gasteiger partial charge in [-0.05, 0) is 30.2 Å². The van der Waals surface area contributed by atoms with Crippen molar-refractivity contribution in [2.75, 3.05) is 0 Å². The van der Waals surface area contributed by atoms with E-state index in [4.69, 9.17) is 0 Å². The molecular formula is C10H10N2. The molecule has 0 amide bonds. The summed E-state index contributed by atoms with van der Waals surface area (Å²) in [5.74, 6) is 0.977. The highest BCUT2D eigenvalue weighted by molar-refractivity contribution is 5.74. The van der Waals surface area contributed by atoms with Crippen molar-refractivity contribution in [1.82, 2.24) is 4.90 Å². The first kappa shape index (κ1) is 7.10. The van der Waals surface area contributed by atoms with E-state index < -0.39 is 0 Å². The second-order valence-electron chi connectivity index (χ2n) is 2.82. The molecule has 2 heterocycles. The third kappa shape index (κ3) is 0.925. The molecule has 0 spiro atoms. The number of hydrogen-bond donors (Lipinski definition) is 0. The fraction of sp³-hybridized carbons (Fsp3) is 0.100. The topological polar surface area (TPSA) is 15.6 Å². The summed E-state index contributed by atoms with van der Waals surface area (Å²) in [4.78, 5) is 6.25. The third-order valence-corrected chi connectivity index (χ3v) is 2.03. The lowest BCUT2D eigenvalue weighted by molar-refractivity contribution is 0.600. The minimum atomic E-state index is 0.977. The molecule has 12 heavy (non-hydrogen) atoms. The van der Waals surface area contributed by atoms with Gasteiger partial charge in [-0.3, -0.25) is 0 Å². The maximum Gasteiger partial charge on any atom is 0.140 e. The van der Waals surface area contributed by atoms with Crippen molar-refractivity contribution in [3.05, 3.63) is 48.1 Å². The Hall–Kier alpha value is -1.57. The van der Waals surface area contributed by atoms with Crippen molar-refractivity contribution >= 4 is 6.21 Å². The normalized spacial score (nSPS) is 20.4. The van der Waals surface area contributed by atoms with Gasteiger partial charge in [-0.1, -0.05) is 6.58 Å². The van der Waals surface area contributed by atoms with Gasteiger partial charge in [0, 0.05) is 18.6 Å². The average molecular weight is 158 g/mol. The molecule has 0 saturated carbocycles. The molecular weight excluding hydrogens is 148 g/mol. The molecule has 0 aliphatic carbocycles. The quantitative estimate of drug-likeness (QED) is 0.527. The number of aliphatic imine (C=N–C) groups is 1. The molecule has 0 radical (unpaired) electrons. The molecule has 2 aliphatic rings. The molecule has 0 unspecified atom stereocenters. The van der Waals surface area contributed by atoms with Gasteiger partial charge in [-0.2, -0.15) is 0 Å². The summed E-state index contributed by atoms with van der Waals surface area (Å²) in [5, 5.41) is 0. The van der Waals surface area contributed by atoms with E-state index in [1.54, 1.807) is 6.21 Å². The Balaban J connectivity index is 2.49. The van der Waals surface area contributed by atoms with Gasteiger partial charge >= 0.3 is 0 Å². The van der Waals surface area contributed by atoms with Crippen LogP contribution in [0.2, 0.25) is 0 Å². The maximum atomic E-state index is 4.26. The highest BCUT2D eigenvalue weighted by Gasteiger charge is 2.13. The van der Waals surface area contributed by atoms with Crippen molar-refractivity contribution in [1.29, 1.82) is 0 Å². The van der Waals surface area contributed by atoms with E-state index in [1.807, 2.05) is 36.4 Å². The first-order valence-corrected chi connectivity index (χ1v) is 3.86. The molecule has 60 valence electrons. The summed E-state index contributed by atoms with van der Waals surface area (Å²) in [6.45, 7) is 5.95. The van der Waals surface area contributed by atoms with Crippen molar-refractivity contribution in [2.24, 2.45) is 4.99 Å². The molecule has 0 aromatic heterocycles. The number of hydrogen-bond acceptors (Lipinski definition) is 2. The van der Waals surface area contributed by atoms with E-state index in [0.717, 1.165) is 17.0 Å². The Labute approximate surface area is 71.9 Å². The fourth-order valence-corrected chi connectivity index (χ4v) is 1.23. The molecule has 0 fully saturated rings. The average Bonchev–Trinajstić information content (AvgIpc) is 2.12. The zero-order chi connectivity index (χ0) is 8.55. The van der Waals surface area contributed by atoms with E-state index in [0.29, 0.717) is 0 Å². The summed E-state index contributed by atoms with van der Waals surface area (Å²) >= 11 is 0. The Morgan fingerprint density at radius 1 is 1.42 bits per heavy atom. The van der Waals surface area contributed by atoms with E-state index in [-0.39, 0.29) is 0 Å². The molecule has 0 aromatic rings. The Morgan fingerprint density at radius 3 is 3.08 bits per heavy atom. The summed E-state index contributed by atoms with van der Waals surface area (Å²) in [7, 11) is 0. The summed E-state index contributed by atoms with van der Waals surface area (Å²) in [6.07, 6.45) is 9.65. The third-order valence-electron chi connectivity index (χ3n) is 2.03. The smallest absolute Gasteiger partial charge is 0.140 e. The number of nitrogens with zero attached hydrogens (tertiary/aromatic N) is 2. The Bertz CT molecular complexity index is 343. The zero-order valence-electron chi connectivity index (χ0n) is 6.99. The van der Waals surface area contributed by atoms with Crippen molar-refractivity contribution in [3.63, 3.8) is 0 Å². The van der Waals surface area contributed by atoms with Crippen LogP contribution in [-0.4, -0.2) is 11.1 Å². The monoisotopic (exact) mass is 158 g/mol. The van der Waals surface area contributed by atoms with Gasteiger partial charge in [0.25, 0.3) is 0 Å². The molecule has 0 saturated heterocycles. The number of allylic oxidation sites excluding steroid dienone is 4.